The van der Waals surface area contributed by atoms with Gasteiger partial charge in [0, 0.05) is 4.47 Å². The average molecular weight is 322 g/mol. The minimum Gasteiger partial charge on any atom is -0.318 e. The third-order valence-electron chi connectivity index (χ3n) is 4.36. The smallest absolute Gasteiger partial charge is 0.318 e. The van der Waals surface area contributed by atoms with Crippen molar-refractivity contribution >= 4 is 27.6 Å². The van der Waals surface area contributed by atoms with Gasteiger partial charge in [-0.2, -0.15) is 0 Å². The summed E-state index contributed by atoms with van der Waals surface area (Å²) in [7, 11) is 0. The molecular weight excluding hydrogens is 306 g/mol. The predicted octanol–water partition coefficient (Wildman–Crippen LogP) is 3.91. The molecule has 1 aromatic rings. The van der Waals surface area contributed by atoms with Crippen LogP contribution >= 0.6 is 15.9 Å². The average Bonchev–Trinajstić information content (AvgIpc) is 3.12. The highest BCUT2D eigenvalue weighted by Gasteiger charge is 2.62. The van der Waals surface area contributed by atoms with E-state index in [1.807, 2.05) is 31.2 Å². The van der Waals surface area contributed by atoms with Crippen molar-refractivity contribution in [2.45, 2.75) is 32.6 Å². The molecule has 0 aromatic heterocycles. The van der Waals surface area contributed by atoms with Gasteiger partial charge in [-0.15, -0.1) is 0 Å². The van der Waals surface area contributed by atoms with Gasteiger partial charge in [0.25, 0.3) is 0 Å². The molecule has 1 spiro atoms. The zero-order valence-electron chi connectivity index (χ0n) is 10.9. The fourth-order valence-electron chi connectivity index (χ4n) is 2.79. The molecule has 0 amide bonds. The first kappa shape index (κ1) is 12.9. The summed E-state index contributed by atoms with van der Waals surface area (Å²) < 4.78 is 1.02. The van der Waals surface area contributed by atoms with Crippen LogP contribution in [0.3, 0.4) is 0 Å². The van der Waals surface area contributed by atoms with Crippen molar-refractivity contribution < 1.29 is 9.63 Å². The van der Waals surface area contributed by atoms with E-state index in [9.17, 15) is 4.79 Å². The van der Waals surface area contributed by atoms with E-state index < -0.39 is 0 Å². The summed E-state index contributed by atoms with van der Waals surface area (Å²) in [5.74, 6) is -0.0566. The lowest BCUT2D eigenvalue weighted by atomic mass is 9.80. The Morgan fingerprint density at radius 2 is 2.05 bits per heavy atom. The first-order chi connectivity index (χ1) is 9.11. The van der Waals surface area contributed by atoms with Gasteiger partial charge in [0.1, 0.15) is 0 Å². The molecule has 1 aromatic carbocycles. The minimum atomic E-state index is -0.156. The summed E-state index contributed by atoms with van der Waals surface area (Å²) in [5, 5.41) is 3.96. The summed E-state index contributed by atoms with van der Waals surface area (Å²) >= 11 is 3.39. The van der Waals surface area contributed by atoms with Crippen LogP contribution in [-0.2, 0) is 9.63 Å². The quantitative estimate of drug-likeness (QED) is 0.481. The number of carbonyl (C=O) groups is 1. The number of oxime groups is 1. The van der Waals surface area contributed by atoms with Crippen LogP contribution in [0.25, 0.3) is 0 Å². The highest BCUT2D eigenvalue weighted by molar-refractivity contribution is 9.10. The Balaban J connectivity index is 1.60. The molecule has 0 aliphatic heterocycles. The maximum absolute atomic E-state index is 11.9. The minimum absolute atomic E-state index is 0.0997. The number of halogens is 1. The number of nitrogens with zero attached hydrogens (tertiary/aromatic N) is 1. The van der Waals surface area contributed by atoms with Crippen molar-refractivity contribution in [3.05, 3.63) is 34.3 Å². The van der Waals surface area contributed by atoms with E-state index in [0.717, 1.165) is 22.2 Å². The van der Waals surface area contributed by atoms with Crippen molar-refractivity contribution in [1.29, 1.82) is 0 Å². The maximum Gasteiger partial charge on any atom is 0.338 e. The van der Waals surface area contributed by atoms with Crippen molar-refractivity contribution in [3.8, 4) is 0 Å². The van der Waals surface area contributed by atoms with E-state index in [4.69, 9.17) is 4.84 Å². The second-order valence-corrected chi connectivity index (χ2v) is 6.48. The van der Waals surface area contributed by atoms with E-state index in [1.54, 1.807) is 0 Å². The number of hydrogen-bond acceptors (Lipinski definition) is 3. The van der Waals surface area contributed by atoms with Crippen LogP contribution in [0.15, 0.2) is 33.9 Å². The maximum atomic E-state index is 11.9. The molecule has 0 heterocycles. The van der Waals surface area contributed by atoms with Crippen LogP contribution in [0, 0.1) is 11.3 Å². The molecule has 2 fully saturated rings. The Kier molecular flexibility index (Phi) is 3.21. The Morgan fingerprint density at radius 3 is 2.58 bits per heavy atom. The molecule has 3 nitrogen and oxygen atoms in total. The van der Waals surface area contributed by atoms with Gasteiger partial charge < -0.3 is 4.84 Å². The van der Waals surface area contributed by atoms with Gasteiger partial charge in [0.05, 0.1) is 11.6 Å². The van der Waals surface area contributed by atoms with Crippen LogP contribution in [0.4, 0.5) is 0 Å². The van der Waals surface area contributed by atoms with E-state index in [0.29, 0.717) is 5.41 Å². The Morgan fingerprint density at radius 1 is 1.37 bits per heavy atom. The molecule has 0 N–H and O–H groups in total. The summed E-state index contributed by atoms with van der Waals surface area (Å²) in [6.45, 7) is 1.85. The lowest BCUT2D eigenvalue weighted by molar-refractivity contribution is -0.146. The number of rotatable bonds is 3. The summed E-state index contributed by atoms with van der Waals surface area (Å²) in [5.41, 5.74) is 1.99. The van der Waals surface area contributed by atoms with Gasteiger partial charge in [-0.25, -0.2) is 4.79 Å². The highest BCUT2D eigenvalue weighted by atomic mass is 79.9. The van der Waals surface area contributed by atoms with Crippen molar-refractivity contribution in [2.24, 2.45) is 16.5 Å². The van der Waals surface area contributed by atoms with Gasteiger partial charge in [-0.1, -0.05) is 39.6 Å². The monoisotopic (exact) mass is 321 g/mol. The molecule has 19 heavy (non-hydrogen) atoms. The van der Waals surface area contributed by atoms with Gasteiger partial charge in [-0.05, 0) is 49.3 Å². The van der Waals surface area contributed by atoms with Crippen molar-refractivity contribution in [2.75, 3.05) is 0 Å². The van der Waals surface area contributed by atoms with Gasteiger partial charge in [0.2, 0.25) is 0 Å². The second-order valence-electron chi connectivity index (χ2n) is 5.57. The topological polar surface area (TPSA) is 38.7 Å². The molecule has 0 saturated heterocycles. The third kappa shape index (κ3) is 2.46. The second kappa shape index (κ2) is 4.75. The Labute approximate surface area is 121 Å². The molecular formula is C15H16BrNO2. The van der Waals surface area contributed by atoms with E-state index in [2.05, 4.69) is 21.1 Å². The van der Waals surface area contributed by atoms with Crippen molar-refractivity contribution in [3.63, 3.8) is 0 Å². The molecule has 2 saturated carbocycles. The first-order valence-corrected chi connectivity index (χ1v) is 7.41. The van der Waals surface area contributed by atoms with Crippen LogP contribution in [-0.4, -0.2) is 11.7 Å². The zero-order valence-corrected chi connectivity index (χ0v) is 12.4. The molecule has 1 atom stereocenters. The zero-order chi connectivity index (χ0) is 13.5. The van der Waals surface area contributed by atoms with Crippen LogP contribution in [0.1, 0.15) is 38.2 Å². The van der Waals surface area contributed by atoms with Crippen LogP contribution in [0.2, 0.25) is 0 Å². The summed E-state index contributed by atoms with van der Waals surface area (Å²) in [6, 6.07) is 7.78. The van der Waals surface area contributed by atoms with Crippen LogP contribution in [0.5, 0.6) is 0 Å². The van der Waals surface area contributed by atoms with Gasteiger partial charge in [0.15, 0.2) is 0 Å². The van der Waals surface area contributed by atoms with E-state index in [1.165, 1.54) is 19.3 Å². The molecule has 0 bridgehead atoms. The molecule has 0 unspecified atom stereocenters. The summed E-state index contributed by atoms with van der Waals surface area (Å²) in [6.07, 6.45) is 4.62. The first-order valence-electron chi connectivity index (χ1n) is 6.62. The normalized spacial score (nSPS) is 23.9. The molecule has 2 aliphatic carbocycles. The predicted molar refractivity (Wildman–Crippen MR) is 76.8 cm³/mol. The van der Waals surface area contributed by atoms with E-state index in [-0.39, 0.29) is 11.9 Å². The SMILES string of the molecule is C/C(=N/OC(=O)[C@@H]1CC12CCC2)c1ccc(Br)cc1. The van der Waals surface area contributed by atoms with Gasteiger partial charge in [-0.3, -0.25) is 0 Å². The third-order valence-corrected chi connectivity index (χ3v) is 4.89. The summed E-state index contributed by atoms with van der Waals surface area (Å²) in [4.78, 5) is 16.9. The number of carbonyl (C=O) groups excluding carboxylic acids is 1. The lowest BCUT2D eigenvalue weighted by Gasteiger charge is -2.25. The highest BCUT2D eigenvalue weighted by Crippen LogP contribution is 2.65. The Bertz CT molecular complexity index is 532. The fraction of sp³-hybridized carbons (Fsp3) is 0.467. The number of benzene rings is 1. The molecule has 3 rings (SSSR count). The van der Waals surface area contributed by atoms with Crippen LogP contribution < -0.4 is 0 Å². The molecule has 4 heteroatoms. The molecule has 100 valence electrons. The van der Waals surface area contributed by atoms with Crippen molar-refractivity contribution in [1.82, 2.24) is 0 Å². The number of hydrogen-bond donors (Lipinski definition) is 0. The Hall–Kier alpha value is -1.16. The standard InChI is InChI=1S/C15H16BrNO2/c1-10(11-3-5-12(16)6-4-11)17-19-14(18)13-9-15(13)7-2-8-15/h3-6,13H,2,7-9H2,1H3/b17-10-/t13-/m0/s1. The fourth-order valence-corrected chi connectivity index (χ4v) is 3.05. The largest absolute Gasteiger partial charge is 0.338 e. The van der Waals surface area contributed by atoms with Gasteiger partial charge >= 0.3 is 5.97 Å². The van der Waals surface area contributed by atoms with E-state index >= 15 is 0 Å². The lowest BCUT2D eigenvalue weighted by Crippen LogP contribution is -2.19. The molecule has 0 radical (unpaired) electrons. The molecule has 2 aliphatic rings.